The molecule has 1 aliphatic rings. The van der Waals surface area contributed by atoms with Crippen LogP contribution in [-0.4, -0.2) is 41.7 Å². The molecule has 4 aromatic rings. The van der Waals surface area contributed by atoms with Crippen LogP contribution >= 0.6 is 23.1 Å². The van der Waals surface area contributed by atoms with E-state index in [1.165, 1.54) is 0 Å². The molecule has 33 heavy (non-hydrogen) atoms. The third-order valence-electron chi connectivity index (χ3n) is 6.01. The van der Waals surface area contributed by atoms with E-state index in [0.29, 0.717) is 22.2 Å². The Hall–Kier alpha value is -2.45. The van der Waals surface area contributed by atoms with Crippen molar-refractivity contribution >= 4 is 33.3 Å². The van der Waals surface area contributed by atoms with Crippen molar-refractivity contribution in [1.29, 1.82) is 0 Å². The summed E-state index contributed by atoms with van der Waals surface area (Å²) in [4.78, 5) is 20.5. The first-order valence-electron chi connectivity index (χ1n) is 11.2. The maximum atomic E-state index is 13.7. The lowest BCUT2D eigenvalue weighted by molar-refractivity contribution is -0.0183. The van der Waals surface area contributed by atoms with Crippen molar-refractivity contribution in [2.75, 3.05) is 26.1 Å². The number of hydrogen-bond donors (Lipinski definition) is 0. The summed E-state index contributed by atoms with van der Waals surface area (Å²) in [5.41, 5.74) is 1.88. The van der Waals surface area contributed by atoms with Gasteiger partial charge in [-0.15, -0.1) is 11.3 Å². The highest BCUT2D eigenvalue weighted by Crippen LogP contribution is 2.33. The van der Waals surface area contributed by atoms with E-state index in [4.69, 9.17) is 14.5 Å². The molecule has 0 N–H and O–H groups in total. The first-order valence-corrected chi connectivity index (χ1v) is 13.0. The standard InChI is InChI=1S/C26H26N2O3S2/c1-30-22(19-11-8-14-31-16-19)17-32-26-27-24-21(15-23(33-24)18-9-4-2-5-10-18)25(29)28(26)20-12-6-3-7-13-20/h2-7,9-10,12-13,15,19,22H,8,11,14,16-17H2,1H3. The minimum atomic E-state index is -0.0397. The maximum absolute atomic E-state index is 13.7. The summed E-state index contributed by atoms with van der Waals surface area (Å²) in [6.45, 7) is 1.55. The molecule has 3 heterocycles. The van der Waals surface area contributed by atoms with Gasteiger partial charge in [0.1, 0.15) is 4.83 Å². The monoisotopic (exact) mass is 478 g/mol. The second-order valence-electron chi connectivity index (χ2n) is 8.13. The molecular weight excluding hydrogens is 452 g/mol. The molecule has 2 unspecified atom stereocenters. The fourth-order valence-electron chi connectivity index (χ4n) is 4.22. The Labute approximate surface area is 201 Å². The number of fused-ring (bicyclic) bond motifs is 1. The van der Waals surface area contributed by atoms with Crippen molar-refractivity contribution < 1.29 is 9.47 Å². The van der Waals surface area contributed by atoms with Crippen molar-refractivity contribution in [3.63, 3.8) is 0 Å². The number of thioether (sulfide) groups is 1. The lowest BCUT2D eigenvalue weighted by Crippen LogP contribution is -2.32. The van der Waals surface area contributed by atoms with Gasteiger partial charge in [-0.2, -0.15) is 0 Å². The van der Waals surface area contributed by atoms with Crippen LogP contribution in [0.4, 0.5) is 0 Å². The molecule has 1 saturated heterocycles. The third-order valence-corrected chi connectivity index (χ3v) is 8.11. The molecule has 1 aliphatic heterocycles. The molecular formula is C26H26N2O3S2. The third kappa shape index (κ3) is 4.77. The Morgan fingerprint density at radius 2 is 1.94 bits per heavy atom. The van der Waals surface area contributed by atoms with Crippen molar-refractivity contribution in [2.45, 2.75) is 24.1 Å². The van der Waals surface area contributed by atoms with Gasteiger partial charge in [0.15, 0.2) is 5.16 Å². The topological polar surface area (TPSA) is 53.3 Å². The second kappa shape index (κ2) is 10.2. The van der Waals surface area contributed by atoms with Gasteiger partial charge in [0, 0.05) is 30.3 Å². The highest BCUT2D eigenvalue weighted by molar-refractivity contribution is 7.99. The van der Waals surface area contributed by atoms with E-state index in [-0.39, 0.29) is 11.7 Å². The van der Waals surface area contributed by atoms with Gasteiger partial charge < -0.3 is 9.47 Å². The zero-order valence-electron chi connectivity index (χ0n) is 18.5. The summed E-state index contributed by atoms with van der Waals surface area (Å²) in [6.07, 6.45) is 2.21. The molecule has 5 nitrogen and oxygen atoms in total. The van der Waals surface area contributed by atoms with E-state index in [0.717, 1.165) is 47.0 Å². The Bertz CT molecular complexity index is 1270. The molecule has 0 spiro atoms. The highest BCUT2D eigenvalue weighted by Gasteiger charge is 2.25. The molecule has 2 aromatic carbocycles. The van der Waals surface area contributed by atoms with Gasteiger partial charge >= 0.3 is 0 Å². The van der Waals surface area contributed by atoms with Crippen LogP contribution < -0.4 is 5.56 Å². The normalized spacial score (nSPS) is 17.3. The first kappa shape index (κ1) is 22.3. The summed E-state index contributed by atoms with van der Waals surface area (Å²) in [6, 6.07) is 21.9. The molecule has 2 aromatic heterocycles. The Morgan fingerprint density at radius 1 is 1.18 bits per heavy atom. The van der Waals surface area contributed by atoms with E-state index < -0.39 is 0 Å². The average Bonchev–Trinajstić information content (AvgIpc) is 3.31. The van der Waals surface area contributed by atoms with Crippen molar-refractivity contribution in [3.05, 3.63) is 77.1 Å². The van der Waals surface area contributed by atoms with Gasteiger partial charge in [0.2, 0.25) is 0 Å². The summed E-state index contributed by atoms with van der Waals surface area (Å²) < 4.78 is 13.2. The van der Waals surface area contributed by atoms with Gasteiger partial charge in [-0.25, -0.2) is 4.98 Å². The van der Waals surface area contributed by atoms with Crippen LogP contribution in [-0.2, 0) is 9.47 Å². The lowest BCUT2D eigenvalue weighted by atomic mass is 9.97. The summed E-state index contributed by atoms with van der Waals surface area (Å²) >= 11 is 3.14. The maximum Gasteiger partial charge on any atom is 0.267 e. The number of nitrogens with zero attached hydrogens (tertiary/aromatic N) is 2. The van der Waals surface area contributed by atoms with Crippen molar-refractivity contribution in [2.24, 2.45) is 5.92 Å². The minimum absolute atomic E-state index is 0.0397. The fourth-order valence-corrected chi connectivity index (χ4v) is 6.50. The Kier molecular flexibility index (Phi) is 6.92. The van der Waals surface area contributed by atoms with E-state index in [1.807, 2.05) is 54.6 Å². The molecule has 0 saturated carbocycles. The Morgan fingerprint density at radius 3 is 2.64 bits per heavy atom. The van der Waals surface area contributed by atoms with Gasteiger partial charge in [-0.1, -0.05) is 60.3 Å². The molecule has 0 amide bonds. The zero-order chi connectivity index (χ0) is 22.6. The number of hydrogen-bond acceptors (Lipinski definition) is 6. The van der Waals surface area contributed by atoms with E-state index in [2.05, 4.69) is 12.1 Å². The van der Waals surface area contributed by atoms with Crippen LogP contribution in [0.5, 0.6) is 0 Å². The first-order chi connectivity index (χ1) is 16.2. The second-order valence-corrected chi connectivity index (χ2v) is 10.1. The molecule has 1 fully saturated rings. The largest absolute Gasteiger partial charge is 0.381 e. The predicted molar refractivity (Wildman–Crippen MR) is 136 cm³/mol. The smallest absolute Gasteiger partial charge is 0.267 e. The highest BCUT2D eigenvalue weighted by atomic mass is 32.2. The fraction of sp³-hybridized carbons (Fsp3) is 0.308. The number of benzene rings is 2. The van der Waals surface area contributed by atoms with Crippen molar-refractivity contribution in [1.82, 2.24) is 9.55 Å². The van der Waals surface area contributed by atoms with Crippen LogP contribution in [0.25, 0.3) is 26.3 Å². The number of thiophene rings is 1. The molecule has 0 aliphatic carbocycles. The molecule has 0 bridgehead atoms. The zero-order valence-corrected chi connectivity index (χ0v) is 20.1. The van der Waals surface area contributed by atoms with E-state index >= 15 is 0 Å². The SMILES string of the molecule is COC(CSc1nc2sc(-c3ccccc3)cc2c(=O)n1-c1ccccc1)C1CCCOC1. The van der Waals surface area contributed by atoms with Gasteiger partial charge in [0.25, 0.3) is 5.56 Å². The molecule has 0 radical (unpaired) electrons. The molecule has 7 heteroatoms. The number of aromatic nitrogens is 2. The van der Waals surface area contributed by atoms with Crippen LogP contribution in [0.15, 0.2) is 76.7 Å². The van der Waals surface area contributed by atoms with E-state index in [1.54, 1.807) is 34.8 Å². The predicted octanol–water partition coefficient (Wildman–Crippen LogP) is 5.65. The molecule has 5 rings (SSSR count). The molecule has 2 atom stereocenters. The van der Waals surface area contributed by atoms with Gasteiger partial charge in [0.05, 0.1) is 23.8 Å². The summed E-state index contributed by atoms with van der Waals surface area (Å²) in [7, 11) is 1.76. The Balaban J connectivity index is 1.55. The van der Waals surface area contributed by atoms with Crippen LogP contribution in [0.2, 0.25) is 0 Å². The number of methoxy groups -OCH3 is 1. The number of rotatable bonds is 7. The number of para-hydroxylation sites is 1. The van der Waals surface area contributed by atoms with Gasteiger partial charge in [-0.3, -0.25) is 9.36 Å². The quantitative estimate of drug-likeness (QED) is 0.254. The summed E-state index contributed by atoms with van der Waals surface area (Å²) in [5, 5.41) is 1.34. The van der Waals surface area contributed by atoms with Crippen LogP contribution in [0.1, 0.15) is 12.8 Å². The minimum Gasteiger partial charge on any atom is -0.381 e. The van der Waals surface area contributed by atoms with Crippen LogP contribution in [0, 0.1) is 5.92 Å². The molecule has 170 valence electrons. The van der Waals surface area contributed by atoms with Gasteiger partial charge in [-0.05, 0) is 36.6 Å². The average molecular weight is 479 g/mol. The number of ether oxygens (including phenoxy) is 2. The van der Waals surface area contributed by atoms with E-state index in [9.17, 15) is 4.79 Å². The lowest BCUT2D eigenvalue weighted by Gasteiger charge is -2.29. The van der Waals surface area contributed by atoms with Crippen molar-refractivity contribution in [3.8, 4) is 16.1 Å². The van der Waals surface area contributed by atoms with Crippen LogP contribution in [0.3, 0.4) is 0 Å². The summed E-state index contributed by atoms with van der Waals surface area (Å²) in [5.74, 6) is 1.08.